The zero-order chi connectivity index (χ0) is 12.3. The van der Waals surface area contributed by atoms with Crippen LogP contribution in [0.2, 0.25) is 0 Å². The molecule has 0 aromatic heterocycles. The first-order valence-corrected chi connectivity index (χ1v) is 6.42. The van der Waals surface area contributed by atoms with Gasteiger partial charge in [-0.2, -0.15) is 17.4 Å². The Balaban J connectivity index is 2.62. The van der Waals surface area contributed by atoms with Gasteiger partial charge < -0.3 is 10.0 Å². The van der Waals surface area contributed by atoms with E-state index in [1.807, 2.05) is 19.0 Å². The highest BCUT2D eigenvalue weighted by atomic mass is 32.2. The van der Waals surface area contributed by atoms with Crippen LogP contribution < -0.4 is 4.72 Å². The molecule has 0 aromatic carbocycles. The molecule has 94 valence electrons. The minimum atomic E-state index is -3.60. The van der Waals surface area contributed by atoms with Crippen LogP contribution in [0.15, 0.2) is 0 Å². The summed E-state index contributed by atoms with van der Waals surface area (Å²) in [5.74, 6) is -1.11. The van der Waals surface area contributed by atoms with Crippen molar-refractivity contribution in [2.24, 2.45) is 0 Å². The lowest BCUT2D eigenvalue weighted by Gasteiger charge is -2.19. The molecular weight excluding hydrogens is 234 g/mol. The van der Waals surface area contributed by atoms with E-state index >= 15 is 0 Å². The van der Waals surface area contributed by atoms with Gasteiger partial charge in [-0.25, -0.2) is 0 Å². The SMILES string of the molecule is CN(C)CCCN1C(C(=O)O)CNS1(=O)=O. The van der Waals surface area contributed by atoms with Crippen LogP contribution in [0.25, 0.3) is 0 Å². The first-order chi connectivity index (χ1) is 7.34. The van der Waals surface area contributed by atoms with Crippen LogP contribution in [0.5, 0.6) is 0 Å². The maximum atomic E-state index is 11.5. The van der Waals surface area contributed by atoms with Gasteiger partial charge in [-0.3, -0.25) is 4.79 Å². The standard InChI is InChI=1S/C8H17N3O4S/c1-10(2)4-3-5-11-7(8(12)13)6-9-16(11,14)15/h7,9H,3-6H2,1-2H3,(H,12,13). The summed E-state index contributed by atoms with van der Waals surface area (Å²) in [6.07, 6.45) is 0.609. The van der Waals surface area contributed by atoms with Crippen molar-refractivity contribution < 1.29 is 18.3 Å². The van der Waals surface area contributed by atoms with Crippen LogP contribution in [0.1, 0.15) is 6.42 Å². The second-order valence-electron chi connectivity index (χ2n) is 3.98. The molecule has 16 heavy (non-hydrogen) atoms. The second-order valence-corrected chi connectivity index (χ2v) is 5.68. The third-order valence-electron chi connectivity index (χ3n) is 2.38. The summed E-state index contributed by atoms with van der Waals surface area (Å²) < 4.78 is 26.2. The molecule has 1 unspecified atom stereocenters. The molecule has 1 atom stereocenters. The fourth-order valence-electron chi connectivity index (χ4n) is 1.57. The number of aliphatic carboxylic acids is 1. The average molecular weight is 251 g/mol. The number of nitrogens with one attached hydrogen (secondary N) is 1. The van der Waals surface area contributed by atoms with Gasteiger partial charge in [0.05, 0.1) is 0 Å². The Labute approximate surface area is 95.2 Å². The van der Waals surface area contributed by atoms with Gasteiger partial charge in [0.1, 0.15) is 6.04 Å². The molecule has 7 nitrogen and oxygen atoms in total. The number of carboxylic acid groups (broad SMARTS) is 1. The van der Waals surface area contributed by atoms with Gasteiger partial charge in [-0.05, 0) is 27.1 Å². The van der Waals surface area contributed by atoms with Gasteiger partial charge in [0.15, 0.2) is 0 Å². The zero-order valence-corrected chi connectivity index (χ0v) is 10.2. The summed E-state index contributed by atoms with van der Waals surface area (Å²) in [6.45, 7) is 0.891. The molecule has 1 aliphatic rings. The van der Waals surface area contributed by atoms with Gasteiger partial charge in [0, 0.05) is 13.1 Å². The second kappa shape index (κ2) is 5.09. The molecule has 1 heterocycles. The molecule has 1 rings (SSSR count). The van der Waals surface area contributed by atoms with Crippen molar-refractivity contribution in [3.05, 3.63) is 0 Å². The van der Waals surface area contributed by atoms with E-state index in [2.05, 4.69) is 4.72 Å². The molecule has 8 heteroatoms. The first kappa shape index (κ1) is 13.4. The number of rotatable bonds is 5. The molecule has 2 N–H and O–H groups in total. The van der Waals surface area contributed by atoms with E-state index in [1.54, 1.807) is 0 Å². The maximum absolute atomic E-state index is 11.5. The molecule has 0 amide bonds. The smallest absolute Gasteiger partial charge is 0.323 e. The summed E-state index contributed by atoms with van der Waals surface area (Å²) >= 11 is 0. The van der Waals surface area contributed by atoms with Gasteiger partial charge in [0.2, 0.25) is 0 Å². The summed E-state index contributed by atoms with van der Waals surface area (Å²) in [5, 5.41) is 8.87. The molecule has 0 spiro atoms. The molecule has 1 aliphatic heterocycles. The van der Waals surface area contributed by atoms with Gasteiger partial charge in [0.25, 0.3) is 10.2 Å². The lowest BCUT2D eigenvalue weighted by atomic mass is 10.3. The van der Waals surface area contributed by atoms with Gasteiger partial charge in [-0.15, -0.1) is 0 Å². The topological polar surface area (TPSA) is 89.9 Å². The van der Waals surface area contributed by atoms with Crippen molar-refractivity contribution in [3.63, 3.8) is 0 Å². The van der Waals surface area contributed by atoms with E-state index in [1.165, 1.54) is 0 Å². The summed E-state index contributed by atoms with van der Waals surface area (Å²) in [6, 6.07) is -0.979. The number of hydrogen-bond donors (Lipinski definition) is 2. The monoisotopic (exact) mass is 251 g/mol. The molecular formula is C8H17N3O4S. The van der Waals surface area contributed by atoms with Crippen LogP contribution in [-0.2, 0) is 15.0 Å². The highest BCUT2D eigenvalue weighted by Gasteiger charge is 2.40. The molecule has 0 saturated carbocycles. The van der Waals surface area contributed by atoms with Crippen molar-refractivity contribution in [1.29, 1.82) is 0 Å². The fraction of sp³-hybridized carbons (Fsp3) is 0.875. The number of nitrogens with zero attached hydrogens (tertiary/aromatic N) is 2. The Morgan fingerprint density at radius 2 is 2.19 bits per heavy atom. The van der Waals surface area contributed by atoms with Crippen molar-refractivity contribution in [1.82, 2.24) is 13.9 Å². The zero-order valence-electron chi connectivity index (χ0n) is 9.38. The molecule has 0 aromatic rings. The maximum Gasteiger partial charge on any atom is 0.323 e. The molecule has 1 saturated heterocycles. The van der Waals surface area contributed by atoms with Crippen molar-refractivity contribution in [2.45, 2.75) is 12.5 Å². The third-order valence-corrected chi connectivity index (χ3v) is 3.97. The predicted molar refractivity (Wildman–Crippen MR) is 58.2 cm³/mol. The largest absolute Gasteiger partial charge is 0.480 e. The fourth-order valence-corrected chi connectivity index (χ4v) is 2.97. The third kappa shape index (κ3) is 3.14. The summed E-state index contributed by atoms with van der Waals surface area (Å²) in [5.41, 5.74) is 0. The Hall–Kier alpha value is -0.700. The van der Waals surface area contributed by atoms with Crippen molar-refractivity contribution >= 4 is 16.2 Å². The van der Waals surface area contributed by atoms with E-state index in [9.17, 15) is 13.2 Å². The van der Waals surface area contributed by atoms with Crippen LogP contribution in [0.3, 0.4) is 0 Å². The quantitative estimate of drug-likeness (QED) is 0.623. The van der Waals surface area contributed by atoms with E-state index in [-0.39, 0.29) is 13.1 Å². The molecule has 0 aliphatic carbocycles. The normalized spacial score (nSPS) is 25.1. The first-order valence-electron chi connectivity index (χ1n) is 4.98. The average Bonchev–Trinajstić information content (AvgIpc) is 2.42. The number of carboxylic acids is 1. The van der Waals surface area contributed by atoms with Crippen molar-refractivity contribution in [2.75, 3.05) is 33.7 Å². The molecule has 1 fully saturated rings. The van der Waals surface area contributed by atoms with E-state index in [4.69, 9.17) is 5.11 Å². The number of hydrogen-bond acceptors (Lipinski definition) is 4. The minimum absolute atomic E-state index is 0.0559. The van der Waals surface area contributed by atoms with Crippen LogP contribution >= 0.6 is 0 Å². The summed E-state index contributed by atoms with van der Waals surface area (Å²) in [4.78, 5) is 12.8. The lowest BCUT2D eigenvalue weighted by molar-refractivity contribution is -0.140. The molecule has 0 radical (unpaired) electrons. The van der Waals surface area contributed by atoms with Crippen LogP contribution in [-0.4, -0.2) is 68.5 Å². The highest BCUT2D eigenvalue weighted by Crippen LogP contribution is 2.13. The van der Waals surface area contributed by atoms with Crippen molar-refractivity contribution in [3.8, 4) is 0 Å². The van der Waals surface area contributed by atoms with Crippen LogP contribution in [0.4, 0.5) is 0 Å². The summed E-state index contributed by atoms with van der Waals surface area (Å²) in [7, 11) is 0.165. The Morgan fingerprint density at radius 1 is 1.56 bits per heavy atom. The van der Waals surface area contributed by atoms with E-state index < -0.39 is 22.2 Å². The lowest BCUT2D eigenvalue weighted by Crippen LogP contribution is -2.41. The Bertz CT molecular complexity index is 354. The molecule has 0 bridgehead atoms. The Morgan fingerprint density at radius 3 is 2.69 bits per heavy atom. The van der Waals surface area contributed by atoms with Crippen LogP contribution in [0, 0.1) is 0 Å². The number of carbonyl (C=O) groups is 1. The van der Waals surface area contributed by atoms with Gasteiger partial charge in [-0.1, -0.05) is 0 Å². The predicted octanol–water partition coefficient (Wildman–Crippen LogP) is -1.46. The van der Waals surface area contributed by atoms with Gasteiger partial charge >= 0.3 is 5.97 Å². The van der Waals surface area contributed by atoms with E-state index in [0.29, 0.717) is 6.42 Å². The highest BCUT2D eigenvalue weighted by molar-refractivity contribution is 7.87. The van der Waals surface area contributed by atoms with E-state index in [0.717, 1.165) is 10.8 Å². The Kier molecular flexibility index (Phi) is 4.25. The minimum Gasteiger partial charge on any atom is -0.480 e.